The summed E-state index contributed by atoms with van der Waals surface area (Å²) >= 11 is 12.4. The lowest BCUT2D eigenvalue weighted by Crippen LogP contribution is -1.99. The molecule has 0 aromatic heterocycles. The molecule has 0 spiro atoms. The first kappa shape index (κ1) is 12.9. The maximum atomic E-state index is 6.39. The average Bonchev–Trinajstić information content (AvgIpc) is 2.09. The van der Waals surface area contributed by atoms with Crippen molar-refractivity contribution in [1.82, 2.24) is 0 Å². The Morgan fingerprint density at radius 3 is 2.27 bits per heavy atom. The number of benzene rings is 1. The minimum absolute atomic E-state index is 0.0981. The lowest BCUT2D eigenvalue weighted by Gasteiger charge is -2.16. The van der Waals surface area contributed by atoms with Crippen molar-refractivity contribution in [3.05, 3.63) is 33.8 Å². The summed E-state index contributed by atoms with van der Waals surface area (Å²) in [5.74, 6) is 0.614. The number of alkyl halides is 1. The molecule has 0 fully saturated rings. The van der Waals surface area contributed by atoms with E-state index in [-0.39, 0.29) is 5.38 Å². The molecule has 0 aliphatic heterocycles. The van der Waals surface area contributed by atoms with Crippen LogP contribution in [0, 0.1) is 19.8 Å². The predicted molar refractivity (Wildman–Crippen MR) is 69.0 cm³/mol. The number of rotatable bonds is 3. The fourth-order valence-electron chi connectivity index (χ4n) is 1.68. The Bertz CT molecular complexity index is 343. The van der Waals surface area contributed by atoms with Gasteiger partial charge in [0.1, 0.15) is 0 Å². The molecule has 0 saturated heterocycles. The summed E-state index contributed by atoms with van der Waals surface area (Å²) in [6.45, 7) is 8.46. The quantitative estimate of drug-likeness (QED) is 0.635. The van der Waals surface area contributed by atoms with Crippen LogP contribution in [0.4, 0.5) is 0 Å². The van der Waals surface area contributed by atoms with Gasteiger partial charge in [0, 0.05) is 5.02 Å². The van der Waals surface area contributed by atoms with E-state index in [0.29, 0.717) is 5.92 Å². The van der Waals surface area contributed by atoms with Gasteiger partial charge in [0.25, 0.3) is 0 Å². The Balaban J connectivity index is 2.98. The Labute approximate surface area is 103 Å². The molecule has 0 heterocycles. The summed E-state index contributed by atoms with van der Waals surface area (Å²) < 4.78 is 0. The minimum Gasteiger partial charge on any atom is -0.118 e. The fraction of sp³-hybridized carbons (Fsp3) is 0.538. The second-order valence-corrected chi connectivity index (χ2v) is 5.49. The van der Waals surface area contributed by atoms with Crippen LogP contribution in [0.3, 0.4) is 0 Å². The van der Waals surface area contributed by atoms with Gasteiger partial charge in [-0.25, -0.2) is 0 Å². The van der Waals surface area contributed by atoms with Crippen LogP contribution in [0.2, 0.25) is 5.02 Å². The van der Waals surface area contributed by atoms with Crippen molar-refractivity contribution >= 4 is 23.2 Å². The topological polar surface area (TPSA) is 0 Å². The van der Waals surface area contributed by atoms with Crippen LogP contribution in [-0.4, -0.2) is 0 Å². The molecular formula is C13H18Cl2. The first-order valence-electron chi connectivity index (χ1n) is 5.32. The number of hydrogen-bond donors (Lipinski definition) is 0. The lowest BCUT2D eigenvalue weighted by molar-refractivity contribution is 0.574. The van der Waals surface area contributed by atoms with Gasteiger partial charge in [-0.3, -0.25) is 0 Å². The first-order valence-corrected chi connectivity index (χ1v) is 6.14. The van der Waals surface area contributed by atoms with E-state index in [0.717, 1.165) is 17.0 Å². The number of halogens is 2. The Kier molecular flexibility index (Phi) is 4.48. The zero-order valence-corrected chi connectivity index (χ0v) is 11.3. The van der Waals surface area contributed by atoms with Crippen LogP contribution in [0.25, 0.3) is 0 Å². The van der Waals surface area contributed by atoms with E-state index >= 15 is 0 Å². The highest BCUT2D eigenvalue weighted by atomic mass is 35.5. The zero-order valence-electron chi connectivity index (χ0n) is 9.77. The van der Waals surface area contributed by atoms with Gasteiger partial charge < -0.3 is 0 Å². The fourth-order valence-corrected chi connectivity index (χ4v) is 2.49. The van der Waals surface area contributed by atoms with Gasteiger partial charge in [0.05, 0.1) is 5.38 Å². The molecule has 0 nitrogen and oxygen atoms in total. The van der Waals surface area contributed by atoms with E-state index in [1.54, 1.807) is 0 Å². The molecule has 1 unspecified atom stereocenters. The van der Waals surface area contributed by atoms with Crippen molar-refractivity contribution in [2.24, 2.45) is 5.92 Å². The van der Waals surface area contributed by atoms with Gasteiger partial charge in [-0.15, -0.1) is 11.6 Å². The molecule has 0 bridgehead atoms. The largest absolute Gasteiger partial charge is 0.118 e. The van der Waals surface area contributed by atoms with Crippen LogP contribution in [-0.2, 0) is 0 Å². The Morgan fingerprint density at radius 2 is 1.73 bits per heavy atom. The van der Waals surface area contributed by atoms with Crippen molar-refractivity contribution in [3.63, 3.8) is 0 Å². The molecule has 84 valence electrons. The average molecular weight is 245 g/mol. The van der Waals surface area contributed by atoms with E-state index in [1.807, 2.05) is 13.0 Å². The van der Waals surface area contributed by atoms with E-state index in [4.69, 9.17) is 23.2 Å². The van der Waals surface area contributed by atoms with Crippen LogP contribution >= 0.6 is 23.2 Å². The van der Waals surface area contributed by atoms with Crippen LogP contribution in [0.5, 0.6) is 0 Å². The molecule has 0 aliphatic rings. The molecule has 2 heteroatoms. The lowest BCUT2D eigenvalue weighted by atomic mass is 9.97. The molecule has 0 N–H and O–H groups in total. The van der Waals surface area contributed by atoms with Gasteiger partial charge >= 0.3 is 0 Å². The van der Waals surface area contributed by atoms with Crippen LogP contribution in [0.15, 0.2) is 12.1 Å². The standard InChI is InChI=1S/C13H18Cl2/c1-8(2)5-13(15)11-6-10(4)12(14)7-9(11)3/h6-8,13H,5H2,1-4H3. The summed E-state index contributed by atoms with van der Waals surface area (Å²) in [6, 6.07) is 4.11. The summed E-state index contributed by atoms with van der Waals surface area (Å²) in [6.07, 6.45) is 1.00. The predicted octanol–water partition coefficient (Wildman–Crippen LogP) is 5.28. The summed E-state index contributed by atoms with van der Waals surface area (Å²) in [7, 11) is 0. The maximum Gasteiger partial charge on any atom is 0.0590 e. The molecule has 1 rings (SSSR count). The third-order valence-electron chi connectivity index (χ3n) is 2.56. The molecule has 0 saturated carbocycles. The highest BCUT2D eigenvalue weighted by Crippen LogP contribution is 2.32. The molecule has 15 heavy (non-hydrogen) atoms. The molecule has 0 radical (unpaired) electrons. The second kappa shape index (κ2) is 5.23. The van der Waals surface area contributed by atoms with Gasteiger partial charge in [0.2, 0.25) is 0 Å². The smallest absolute Gasteiger partial charge is 0.0590 e. The van der Waals surface area contributed by atoms with Crippen molar-refractivity contribution in [3.8, 4) is 0 Å². The van der Waals surface area contributed by atoms with Gasteiger partial charge in [-0.2, -0.15) is 0 Å². The SMILES string of the molecule is Cc1cc(C(Cl)CC(C)C)c(C)cc1Cl. The Hall–Kier alpha value is -0.200. The number of hydrogen-bond acceptors (Lipinski definition) is 0. The monoisotopic (exact) mass is 244 g/mol. The van der Waals surface area contributed by atoms with Gasteiger partial charge in [0.15, 0.2) is 0 Å². The number of aryl methyl sites for hydroxylation is 2. The van der Waals surface area contributed by atoms with Crippen molar-refractivity contribution in [2.75, 3.05) is 0 Å². The van der Waals surface area contributed by atoms with Crippen molar-refractivity contribution in [1.29, 1.82) is 0 Å². The summed E-state index contributed by atoms with van der Waals surface area (Å²) in [5.41, 5.74) is 3.50. The van der Waals surface area contributed by atoms with Crippen LogP contribution in [0.1, 0.15) is 42.3 Å². The third kappa shape index (κ3) is 3.39. The maximum absolute atomic E-state index is 6.39. The van der Waals surface area contributed by atoms with Gasteiger partial charge in [-0.1, -0.05) is 31.5 Å². The molecule has 1 atom stereocenters. The van der Waals surface area contributed by atoms with E-state index in [9.17, 15) is 0 Å². The highest BCUT2D eigenvalue weighted by Gasteiger charge is 2.13. The van der Waals surface area contributed by atoms with Gasteiger partial charge in [-0.05, 0) is 48.9 Å². The molecule has 1 aromatic rings. The first-order chi connectivity index (χ1) is 6.91. The highest BCUT2D eigenvalue weighted by molar-refractivity contribution is 6.31. The summed E-state index contributed by atoms with van der Waals surface area (Å²) in [4.78, 5) is 0. The molecule has 1 aromatic carbocycles. The van der Waals surface area contributed by atoms with E-state index in [2.05, 4.69) is 26.8 Å². The summed E-state index contributed by atoms with van der Waals surface area (Å²) in [5, 5.41) is 0.922. The van der Waals surface area contributed by atoms with E-state index < -0.39 is 0 Å². The van der Waals surface area contributed by atoms with E-state index in [1.165, 1.54) is 11.1 Å². The van der Waals surface area contributed by atoms with Crippen molar-refractivity contribution < 1.29 is 0 Å². The molecular weight excluding hydrogens is 227 g/mol. The second-order valence-electron chi connectivity index (χ2n) is 4.56. The zero-order chi connectivity index (χ0) is 11.6. The van der Waals surface area contributed by atoms with Crippen LogP contribution < -0.4 is 0 Å². The van der Waals surface area contributed by atoms with Crippen molar-refractivity contribution in [2.45, 2.75) is 39.5 Å². The molecule has 0 amide bonds. The Morgan fingerprint density at radius 1 is 1.13 bits per heavy atom. The third-order valence-corrected chi connectivity index (χ3v) is 3.38. The molecule has 0 aliphatic carbocycles. The normalized spacial score (nSPS) is 13.3. The minimum atomic E-state index is 0.0981.